The first-order valence-electron chi connectivity index (χ1n) is 6.43. The SMILES string of the molecule is CCC(C)(C)CNCc1cc(-c2cccs2)cs1. The summed E-state index contributed by atoms with van der Waals surface area (Å²) in [5.41, 5.74) is 1.76. The quantitative estimate of drug-likeness (QED) is 0.784. The molecule has 0 amide bonds. The highest BCUT2D eigenvalue weighted by Gasteiger charge is 2.14. The topological polar surface area (TPSA) is 12.0 Å². The van der Waals surface area contributed by atoms with Crippen LogP contribution in [-0.4, -0.2) is 6.54 Å². The molecule has 0 aliphatic heterocycles. The second-order valence-corrected chi connectivity index (χ2v) is 7.34. The van der Waals surface area contributed by atoms with Gasteiger partial charge in [0.1, 0.15) is 0 Å². The highest BCUT2D eigenvalue weighted by molar-refractivity contribution is 7.14. The average molecular weight is 279 g/mol. The van der Waals surface area contributed by atoms with Crippen LogP contribution in [0, 0.1) is 5.41 Å². The third-order valence-electron chi connectivity index (χ3n) is 3.32. The van der Waals surface area contributed by atoms with E-state index in [2.05, 4.69) is 55.0 Å². The minimum atomic E-state index is 0.397. The molecule has 0 aromatic carbocycles. The Labute approximate surface area is 118 Å². The van der Waals surface area contributed by atoms with Crippen LogP contribution in [0.2, 0.25) is 0 Å². The summed E-state index contributed by atoms with van der Waals surface area (Å²) in [6.07, 6.45) is 1.21. The lowest BCUT2D eigenvalue weighted by atomic mass is 9.90. The van der Waals surface area contributed by atoms with Crippen molar-refractivity contribution >= 4 is 22.7 Å². The van der Waals surface area contributed by atoms with Crippen molar-refractivity contribution in [2.24, 2.45) is 5.41 Å². The summed E-state index contributed by atoms with van der Waals surface area (Å²) in [5, 5.41) is 7.96. The summed E-state index contributed by atoms with van der Waals surface area (Å²) >= 11 is 3.66. The van der Waals surface area contributed by atoms with Gasteiger partial charge < -0.3 is 5.32 Å². The molecule has 0 aliphatic rings. The molecule has 3 heteroatoms. The van der Waals surface area contributed by atoms with Gasteiger partial charge in [-0.3, -0.25) is 0 Å². The molecule has 1 nitrogen and oxygen atoms in total. The summed E-state index contributed by atoms with van der Waals surface area (Å²) in [5.74, 6) is 0. The van der Waals surface area contributed by atoms with E-state index in [1.807, 2.05) is 22.7 Å². The first kappa shape index (κ1) is 13.8. The van der Waals surface area contributed by atoms with Crippen molar-refractivity contribution in [3.63, 3.8) is 0 Å². The van der Waals surface area contributed by atoms with Gasteiger partial charge in [0.15, 0.2) is 0 Å². The smallest absolute Gasteiger partial charge is 0.0351 e. The lowest BCUT2D eigenvalue weighted by Crippen LogP contribution is -2.28. The first-order valence-corrected chi connectivity index (χ1v) is 8.19. The molecule has 0 spiro atoms. The molecule has 2 rings (SSSR count). The van der Waals surface area contributed by atoms with Crippen LogP contribution in [0.25, 0.3) is 10.4 Å². The second-order valence-electron chi connectivity index (χ2n) is 5.40. The van der Waals surface area contributed by atoms with E-state index < -0.39 is 0 Å². The van der Waals surface area contributed by atoms with Gasteiger partial charge in [-0.15, -0.1) is 22.7 Å². The number of hydrogen-bond donors (Lipinski definition) is 1. The van der Waals surface area contributed by atoms with Crippen molar-refractivity contribution in [1.29, 1.82) is 0 Å². The molecule has 0 atom stereocenters. The Morgan fingerprint density at radius 1 is 1.28 bits per heavy atom. The van der Waals surface area contributed by atoms with Gasteiger partial charge in [0.25, 0.3) is 0 Å². The lowest BCUT2D eigenvalue weighted by molar-refractivity contribution is 0.328. The van der Waals surface area contributed by atoms with Crippen molar-refractivity contribution < 1.29 is 0 Å². The van der Waals surface area contributed by atoms with Gasteiger partial charge >= 0.3 is 0 Å². The third-order valence-corrected chi connectivity index (χ3v) is 5.18. The number of rotatable bonds is 6. The number of hydrogen-bond acceptors (Lipinski definition) is 3. The highest BCUT2D eigenvalue weighted by atomic mass is 32.1. The summed E-state index contributed by atoms with van der Waals surface area (Å²) in [6.45, 7) is 8.94. The zero-order chi connectivity index (χ0) is 13.0. The fraction of sp³-hybridized carbons (Fsp3) is 0.467. The summed E-state index contributed by atoms with van der Waals surface area (Å²) in [4.78, 5) is 2.79. The summed E-state index contributed by atoms with van der Waals surface area (Å²) in [6, 6.07) is 6.60. The monoisotopic (exact) mass is 279 g/mol. The van der Waals surface area contributed by atoms with Crippen molar-refractivity contribution in [2.75, 3.05) is 6.54 Å². The first-order chi connectivity index (χ1) is 8.61. The Morgan fingerprint density at radius 2 is 2.11 bits per heavy atom. The van der Waals surface area contributed by atoms with E-state index in [0.29, 0.717) is 5.41 Å². The molecule has 0 saturated carbocycles. The van der Waals surface area contributed by atoms with Crippen LogP contribution in [0.3, 0.4) is 0 Å². The molecule has 18 heavy (non-hydrogen) atoms. The van der Waals surface area contributed by atoms with Crippen molar-refractivity contribution in [2.45, 2.75) is 33.7 Å². The lowest BCUT2D eigenvalue weighted by Gasteiger charge is -2.22. The molecule has 0 saturated heterocycles. The predicted molar refractivity (Wildman–Crippen MR) is 83.4 cm³/mol. The average Bonchev–Trinajstić information content (AvgIpc) is 2.98. The van der Waals surface area contributed by atoms with E-state index in [1.165, 1.54) is 21.7 Å². The zero-order valence-electron chi connectivity index (χ0n) is 11.3. The van der Waals surface area contributed by atoms with E-state index in [9.17, 15) is 0 Å². The minimum Gasteiger partial charge on any atom is -0.311 e. The zero-order valence-corrected chi connectivity index (χ0v) is 13.0. The van der Waals surface area contributed by atoms with Gasteiger partial charge in [0.2, 0.25) is 0 Å². The van der Waals surface area contributed by atoms with Gasteiger partial charge in [-0.05, 0) is 34.7 Å². The maximum atomic E-state index is 3.57. The number of thiophene rings is 2. The maximum Gasteiger partial charge on any atom is 0.0351 e. The molecular formula is C15H21NS2. The van der Waals surface area contributed by atoms with Crippen molar-refractivity contribution in [1.82, 2.24) is 5.32 Å². The number of nitrogens with one attached hydrogen (secondary N) is 1. The van der Waals surface area contributed by atoms with Gasteiger partial charge in [-0.1, -0.05) is 26.8 Å². The van der Waals surface area contributed by atoms with Gasteiger partial charge in [0.05, 0.1) is 0 Å². The van der Waals surface area contributed by atoms with Gasteiger partial charge in [-0.25, -0.2) is 0 Å². The van der Waals surface area contributed by atoms with Gasteiger partial charge in [0, 0.05) is 28.4 Å². The van der Waals surface area contributed by atoms with Crippen LogP contribution in [0.5, 0.6) is 0 Å². The standard InChI is InChI=1S/C15H21NS2/c1-4-15(2,3)11-16-9-13-8-12(10-18-13)14-6-5-7-17-14/h5-8,10,16H,4,9,11H2,1-3H3. The molecule has 0 radical (unpaired) electrons. The molecule has 0 bridgehead atoms. The Balaban J connectivity index is 1.88. The normalized spacial score (nSPS) is 11.9. The van der Waals surface area contributed by atoms with E-state index in [1.54, 1.807) is 0 Å². The van der Waals surface area contributed by atoms with Crippen molar-refractivity contribution in [3.8, 4) is 10.4 Å². The van der Waals surface area contributed by atoms with Crippen LogP contribution < -0.4 is 5.32 Å². The van der Waals surface area contributed by atoms with E-state index in [0.717, 1.165) is 13.1 Å². The summed E-state index contributed by atoms with van der Waals surface area (Å²) in [7, 11) is 0. The second kappa shape index (κ2) is 6.00. The minimum absolute atomic E-state index is 0.397. The molecule has 0 aliphatic carbocycles. The van der Waals surface area contributed by atoms with E-state index >= 15 is 0 Å². The summed E-state index contributed by atoms with van der Waals surface area (Å²) < 4.78 is 0. The molecule has 2 aromatic heterocycles. The Morgan fingerprint density at radius 3 is 2.78 bits per heavy atom. The molecule has 98 valence electrons. The van der Waals surface area contributed by atoms with Crippen molar-refractivity contribution in [3.05, 3.63) is 33.8 Å². The fourth-order valence-corrected chi connectivity index (χ4v) is 3.34. The predicted octanol–water partition coefficient (Wildman–Crippen LogP) is 5.00. The van der Waals surface area contributed by atoms with Crippen LogP contribution in [0.15, 0.2) is 29.0 Å². The highest BCUT2D eigenvalue weighted by Crippen LogP contribution is 2.29. The maximum absolute atomic E-state index is 3.57. The molecule has 2 heterocycles. The molecule has 2 aromatic rings. The largest absolute Gasteiger partial charge is 0.311 e. The Kier molecular flexibility index (Phi) is 4.60. The fourth-order valence-electron chi connectivity index (χ4n) is 1.69. The molecule has 1 N–H and O–H groups in total. The Hall–Kier alpha value is -0.640. The van der Waals surface area contributed by atoms with Crippen LogP contribution in [-0.2, 0) is 6.54 Å². The molecule has 0 fully saturated rings. The van der Waals surface area contributed by atoms with Gasteiger partial charge in [-0.2, -0.15) is 0 Å². The van der Waals surface area contributed by atoms with Crippen LogP contribution in [0.4, 0.5) is 0 Å². The van der Waals surface area contributed by atoms with Crippen LogP contribution in [0.1, 0.15) is 32.1 Å². The van der Waals surface area contributed by atoms with Crippen LogP contribution >= 0.6 is 22.7 Å². The Bertz CT molecular complexity index is 468. The van der Waals surface area contributed by atoms with E-state index in [-0.39, 0.29) is 0 Å². The molecule has 0 unspecified atom stereocenters. The third kappa shape index (κ3) is 3.67. The van der Waals surface area contributed by atoms with E-state index in [4.69, 9.17) is 0 Å². The molecular weight excluding hydrogens is 258 g/mol.